The van der Waals surface area contributed by atoms with E-state index in [9.17, 15) is 4.79 Å². The Kier molecular flexibility index (Phi) is 4.21. The number of aromatic nitrogens is 2. The molecule has 1 unspecified atom stereocenters. The molecule has 128 valence electrons. The van der Waals surface area contributed by atoms with Crippen LogP contribution in [0.15, 0.2) is 48.8 Å². The third-order valence-electron chi connectivity index (χ3n) is 4.35. The molecule has 1 amide bonds. The first-order valence-electron chi connectivity index (χ1n) is 8.39. The Labute approximate surface area is 145 Å². The summed E-state index contributed by atoms with van der Waals surface area (Å²) < 4.78 is 7.48. The Bertz CT molecular complexity index is 895. The lowest BCUT2D eigenvalue weighted by molar-refractivity contribution is -0.128. The fourth-order valence-corrected chi connectivity index (χ4v) is 2.97. The zero-order valence-electron chi connectivity index (χ0n) is 14.0. The molecular weight excluding hydrogens is 316 g/mol. The first-order valence-corrected chi connectivity index (χ1v) is 8.39. The smallest absolute Gasteiger partial charge is 0.254 e. The van der Waals surface area contributed by atoms with E-state index in [1.165, 1.54) is 0 Å². The number of hydrogen-bond acceptors (Lipinski definition) is 4. The normalized spacial score (nSPS) is 17.6. The van der Waals surface area contributed by atoms with Crippen LogP contribution in [0.4, 0.5) is 5.69 Å². The molecule has 0 radical (unpaired) electrons. The van der Waals surface area contributed by atoms with Gasteiger partial charge in [-0.05, 0) is 30.7 Å². The number of fused-ring (bicyclic) bond motifs is 1. The second-order valence-corrected chi connectivity index (χ2v) is 6.18. The third-order valence-corrected chi connectivity index (χ3v) is 4.35. The molecule has 25 heavy (non-hydrogen) atoms. The summed E-state index contributed by atoms with van der Waals surface area (Å²) in [7, 11) is 0. The van der Waals surface area contributed by atoms with E-state index in [-0.39, 0.29) is 5.91 Å². The SMILES string of the molecule is Cc1cccn2cc(-c3ccc(NC(=O)C4CNCCO4)cc3)nc12. The predicted octanol–water partition coefficient (Wildman–Crippen LogP) is 2.24. The van der Waals surface area contributed by atoms with Gasteiger partial charge >= 0.3 is 0 Å². The van der Waals surface area contributed by atoms with Gasteiger partial charge in [-0.3, -0.25) is 4.79 Å². The highest BCUT2D eigenvalue weighted by atomic mass is 16.5. The van der Waals surface area contributed by atoms with Gasteiger partial charge in [0.25, 0.3) is 5.91 Å². The lowest BCUT2D eigenvalue weighted by Gasteiger charge is -2.22. The molecule has 0 bridgehead atoms. The lowest BCUT2D eigenvalue weighted by Crippen LogP contribution is -2.45. The molecule has 3 heterocycles. The van der Waals surface area contributed by atoms with Crippen molar-refractivity contribution in [2.75, 3.05) is 25.0 Å². The van der Waals surface area contributed by atoms with Crippen molar-refractivity contribution in [3.63, 3.8) is 0 Å². The Balaban J connectivity index is 1.51. The summed E-state index contributed by atoms with van der Waals surface area (Å²) in [5.74, 6) is -0.122. The van der Waals surface area contributed by atoms with E-state index in [1.807, 2.05) is 60.1 Å². The number of ether oxygens (including phenoxy) is 1. The molecule has 1 aromatic carbocycles. The Hall–Kier alpha value is -2.70. The second kappa shape index (κ2) is 6.66. The van der Waals surface area contributed by atoms with Crippen molar-refractivity contribution in [2.45, 2.75) is 13.0 Å². The average Bonchev–Trinajstić information content (AvgIpc) is 3.09. The van der Waals surface area contributed by atoms with Gasteiger partial charge in [0.05, 0.1) is 12.3 Å². The summed E-state index contributed by atoms with van der Waals surface area (Å²) in [4.78, 5) is 16.9. The third kappa shape index (κ3) is 3.26. The van der Waals surface area contributed by atoms with Crippen LogP contribution in [0.2, 0.25) is 0 Å². The summed E-state index contributed by atoms with van der Waals surface area (Å²) in [6, 6.07) is 11.8. The van der Waals surface area contributed by atoms with E-state index in [2.05, 4.69) is 10.6 Å². The van der Waals surface area contributed by atoms with Crippen molar-refractivity contribution >= 4 is 17.2 Å². The molecule has 2 aromatic heterocycles. The molecule has 0 spiro atoms. The van der Waals surface area contributed by atoms with Gasteiger partial charge in [-0.15, -0.1) is 0 Å². The van der Waals surface area contributed by atoms with E-state index in [1.54, 1.807) is 0 Å². The highest BCUT2D eigenvalue weighted by Crippen LogP contribution is 2.22. The number of morpholine rings is 1. The van der Waals surface area contributed by atoms with E-state index < -0.39 is 6.10 Å². The molecule has 0 aliphatic carbocycles. The number of hydrogen-bond donors (Lipinski definition) is 2. The maximum absolute atomic E-state index is 12.2. The summed E-state index contributed by atoms with van der Waals surface area (Å²) in [5, 5.41) is 6.05. The zero-order chi connectivity index (χ0) is 17.2. The van der Waals surface area contributed by atoms with Crippen molar-refractivity contribution < 1.29 is 9.53 Å². The van der Waals surface area contributed by atoms with Crippen molar-refractivity contribution in [1.29, 1.82) is 0 Å². The molecule has 1 aliphatic rings. The molecule has 1 aliphatic heterocycles. The molecule has 2 N–H and O–H groups in total. The number of carbonyl (C=O) groups excluding carboxylic acids is 1. The monoisotopic (exact) mass is 336 g/mol. The summed E-state index contributed by atoms with van der Waals surface area (Å²) in [6.45, 7) is 3.94. The first-order chi connectivity index (χ1) is 12.2. The van der Waals surface area contributed by atoms with Crippen LogP contribution < -0.4 is 10.6 Å². The molecule has 1 atom stereocenters. The number of imidazole rings is 1. The number of rotatable bonds is 3. The maximum Gasteiger partial charge on any atom is 0.254 e. The van der Waals surface area contributed by atoms with Gasteiger partial charge in [0.1, 0.15) is 11.8 Å². The quantitative estimate of drug-likeness (QED) is 0.770. The minimum Gasteiger partial charge on any atom is -0.366 e. The Morgan fingerprint density at radius 2 is 2.16 bits per heavy atom. The molecule has 4 rings (SSSR count). The highest BCUT2D eigenvalue weighted by molar-refractivity contribution is 5.94. The molecule has 0 saturated carbocycles. The van der Waals surface area contributed by atoms with Crippen molar-refractivity contribution in [2.24, 2.45) is 0 Å². The fraction of sp³-hybridized carbons (Fsp3) is 0.263. The molecule has 6 nitrogen and oxygen atoms in total. The second-order valence-electron chi connectivity index (χ2n) is 6.18. The van der Waals surface area contributed by atoms with E-state index in [4.69, 9.17) is 9.72 Å². The van der Waals surface area contributed by atoms with Gasteiger partial charge in [-0.25, -0.2) is 4.98 Å². The molecule has 1 fully saturated rings. The van der Waals surface area contributed by atoms with E-state index in [0.29, 0.717) is 13.2 Å². The Morgan fingerprint density at radius 1 is 1.32 bits per heavy atom. The topological polar surface area (TPSA) is 67.7 Å². The van der Waals surface area contributed by atoms with E-state index >= 15 is 0 Å². The van der Waals surface area contributed by atoms with Gasteiger partial charge in [-0.1, -0.05) is 18.2 Å². The predicted molar refractivity (Wildman–Crippen MR) is 96.6 cm³/mol. The number of nitrogens with zero attached hydrogens (tertiary/aromatic N) is 2. The largest absolute Gasteiger partial charge is 0.366 e. The summed E-state index contributed by atoms with van der Waals surface area (Å²) in [6.07, 6.45) is 3.57. The number of carbonyl (C=O) groups is 1. The summed E-state index contributed by atoms with van der Waals surface area (Å²) in [5.41, 5.74) is 4.77. The molecule has 6 heteroatoms. The minimum atomic E-state index is -0.435. The zero-order valence-corrected chi connectivity index (χ0v) is 14.0. The van der Waals surface area contributed by atoms with Crippen LogP contribution in [-0.2, 0) is 9.53 Å². The van der Waals surface area contributed by atoms with Gasteiger partial charge in [0.2, 0.25) is 0 Å². The van der Waals surface area contributed by atoms with Crippen molar-refractivity contribution in [3.05, 3.63) is 54.4 Å². The standard InChI is InChI=1S/C19H20N4O2/c1-13-3-2-9-23-12-16(22-18(13)23)14-4-6-15(7-5-14)21-19(24)17-11-20-8-10-25-17/h2-7,9,12,17,20H,8,10-11H2,1H3,(H,21,24). The van der Waals surface area contributed by atoms with Crippen LogP contribution in [0.3, 0.4) is 0 Å². The van der Waals surface area contributed by atoms with Crippen molar-refractivity contribution in [1.82, 2.24) is 14.7 Å². The van der Waals surface area contributed by atoms with Gasteiger partial charge < -0.3 is 19.8 Å². The van der Waals surface area contributed by atoms with Crippen LogP contribution in [0.1, 0.15) is 5.56 Å². The number of nitrogens with one attached hydrogen (secondary N) is 2. The Morgan fingerprint density at radius 3 is 2.88 bits per heavy atom. The number of amides is 1. The number of aryl methyl sites for hydroxylation is 1. The van der Waals surface area contributed by atoms with Gasteiger partial charge in [0, 0.05) is 36.7 Å². The first kappa shape index (κ1) is 15.8. The number of benzene rings is 1. The number of anilines is 1. The van der Waals surface area contributed by atoms with Crippen LogP contribution in [0.25, 0.3) is 16.9 Å². The summed E-state index contributed by atoms with van der Waals surface area (Å²) >= 11 is 0. The fourth-order valence-electron chi connectivity index (χ4n) is 2.97. The average molecular weight is 336 g/mol. The van der Waals surface area contributed by atoms with Crippen LogP contribution in [0, 0.1) is 6.92 Å². The molecule has 1 saturated heterocycles. The minimum absolute atomic E-state index is 0.122. The highest BCUT2D eigenvalue weighted by Gasteiger charge is 2.21. The molecule has 3 aromatic rings. The lowest BCUT2D eigenvalue weighted by atomic mass is 10.1. The molecular formula is C19H20N4O2. The van der Waals surface area contributed by atoms with Crippen LogP contribution in [0.5, 0.6) is 0 Å². The maximum atomic E-state index is 12.2. The van der Waals surface area contributed by atoms with Crippen LogP contribution in [-0.4, -0.2) is 41.1 Å². The van der Waals surface area contributed by atoms with Crippen LogP contribution >= 0.6 is 0 Å². The van der Waals surface area contributed by atoms with Gasteiger partial charge in [0.15, 0.2) is 0 Å². The van der Waals surface area contributed by atoms with E-state index in [0.717, 1.165) is 34.7 Å². The number of pyridine rings is 1. The van der Waals surface area contributed by atoms with Gasteiger partial charge in [-0.2, -0.15) is 0 Å². The van der Waals surface area contributed by atoms with Crippen molar-refractivity contribution in [3.8, 4) is 11.3 Å².